The number of hydrogen-bond donors (Lipinski definition) is 2. The molecule has 2 aromatic rings. The lowest BCUT2D eigenvalue weighted by Crippen LogP contribution is -2.48. The summed E-state index contributed by atoms with van der Waals surface area (Å²) >= 11 is 12.0. The van der Waals surface area contributed by atoms with Crippen molar-refractivity contribution in [2.45, 2.75) is 39.3 Å². The van der Waals surface area contributed by atoms with Gasteiger partial charge in [-0.05, 0) is 55.2 Å². The molecule has 2 rings (SSSR count). The van der Waals surface area contributed by atoms with Crippen LogP contribution in [0.25, 0.3) is 0 Å². The van der Waals surface area contributed by atoms with Crippen molar-refractivity contribution in [1.82, 2.24) is 15.6 Å². The monoisotopic (exact) mass is 407 g/mol. The molecule has 7 heteroatoms. The molecule has 0 aliphatic heterocycles. The molecule has 1 heterocycles. The molecule has 0 bridgehead atoms. The maximum atomic E-state index is 12.8. The van der Waals surface area contributed by atoms with E-state index >= 15 is 0 Å². The van der Waals surface area contributed by atoms with Gasteiger partial charge in [0.2, 0.25) is 5.91 Å². The van der Waals surface area contributed by atoms with E-state index in [4.69, 9.17) is 23.2 Å². The van der Waals surface area contributed by atoms with Gasteiger partial charge in [0.15, 0.2) is 0 Å². The first-order valence-corrected chi connectivity index (χ1v) is 9.49. The minimum Gasteiger partial charge on any atom is -0.348 e. The fourth-order valence-corrected chi connectivity index (χ4v) is 3.16. The largest absolute Gasteiger partial charge is 0.348 e. The van der Waals surface area contributed by atoms with E-state index < -0.39 is 11.9 Å². The third kappa shape index (κ3) is 6.22. The van der Waals surface area contributed by atoms with Gasteiger partial charge >= 0.3 is 0 Å². The molecule has 1 aromatic carbocycles. The average Bonchev–Trinajstić information content (AvgIpc) is 2.61. The second-order valence-electron chi connectivity index (χ2n) is 6.79. The number of carbonyl (C=O) groups excluding carboxylic acids is 2. The van der Waals surface area contributed by atoms with E-state index in [-0.39, 0.29) is 28.5 Å². The molecule has 0 aliphatic rings. The Morgan fingerprint density at radius 1 is 1.04 bits per heavy atom. The van der Waals surface area contributed by atoms with Gasteiger partial charge in [0.25, 0.3) is 5.91 Å². The van der Waals surface area contributed by atoms with Crippen LogP contribution < -0.4 is 10.6 Å². The van der Waals surface area contributed by atoms with Gasteiger partial charge in [-0.2, -0.15) is 0 Å². The van der Waals surface area contributed by atoms with Gasteiger partial charge in [-0.25, -0.2) is 0 Å². The van der Waals surface area contributed by atoms with Crippen LogP contribution >= 0.6 is 23.2 Å². The number of halogens is 2. The fraction of sp³-hybridized carbons (Fsp3) is 0.350. The van der Waals surface area contributed by atoms with Crippen molar-refractivity contribution in [2.75, 3.05) is 0 Å². The molecule has 2 unspecified atom stereocenters. The van der Waals surface area contributed by atoms with Crippen LogP contribution in [0.5, 0.6) is 0 Å². The molecule has 5 nitrogen and oxygen atoms in total. The first kappa shape index (κ1) is 21.2. The lowest BCUT2D eigenvalue weighted by molar-refractivity contribution is -0.124. The van der Waals surface area contributed by atoms with E-state index in [0.29, 0.717) is 11.4 Å². The van der Waals surface area contributed by atoms with E-state index in [1.807, 2.05) is 32.9 Å². The number of rotatable bonds is 7. The molecule has 2 amide bonds. The smallest absolute Gasteiger partial charge is 0.253 e. The highest BCUT2D eigenvalue weighted by molar-refractivity contribution is 6.36. The van der Waals surface area contributed by atoms with Gasteiger partial charge in [0.05, 0.1) is 16.6 Å². The zero-order chi connectivity index (χ0) is 20.0. The lowest BCUT2D eigenvalue weighted by Gasteiger charge is -2.23. The predicted octanol–water partition coefficient (Wildman–Crippen LogP) is 4.41. The number of nitrogens with one attached hydrogen (secondary N) is 2. The summed E-state index contributed by atoms with van der Waals surface area (Å²) in [5.74, 6) is -0.432. The Kier molecular flexibility index (Phi) is 7.63. The highest BCUT2D eigenvalue weighted by Crippen LogP contribution is 2.21. The molecule has 144 valence electrons. The molecule has 0 saturated heterocycles. The second kappa shape index (κ2) is 9.72. The molecule has 2 N–H and O–H groups in total. The topological polar surface area (TPSA) is 71.1 Å². The molecule has 0 fully saturated rings. The third-order valence-electron chi connectivity index (χ3n) is 4.07. The summed E-state index contributed by atoms with van der Waals surface area (Å²) < 4.78 is 0. The first-order chi connectivity index (χ1) is 12.8. The quantitative estimate of drug-likeness (QED) is 0.713. The molecular weight excluding hydrogens is 385 g/mol. The van der Waals surface area contributed by atoms with Crippen LogP contribution in [0.4, 0.5) is 0 Å². The number of pyridine rings is 1. The molecule has 0 radical (unpaired) electrons. The van der Waals surface area contributed by atoms with E-state index in [0.717, 1.165) is 5.56 Å². The lowest BCUT2D eigenvalue weighted by atomic mass is 10.0. The molecule has 2 atom stereocenters. The summed E-state index contributed by atoms with van der Waals surface area (Å²) in [6, 6.07) is 7.44. The van der Waals surface area contributed by atoms with Gasteiger partial charge in [-0.3, -0.25) is 14.6 Å². The van der Waals surface area contributed by atoms with Crippen molar-refractivity contribution >= 4 is 35.0 Å². The van der Waals surface area contributed by atoms with Crippen LogP contribution in [0.3, 0.4) is 0 Å². The fourth-order valence-electron chi connectivity index (χ4n) is 2.66. The minimum atomic E-state index is -0.673. The average molecular weight is 408 g/mol. The van der Waals surface area contributed by atoms with E-state index in [9.17, 15) is 9.59 Å². The highest BCUT2D eigenvalue weighted by Gasteiger charge is 2.25. The van der Waals surface area contributed by atoms with Crippen molar-refractivity contribution in [3.05, 3.63) is 63.9 Å². The molecule has 0 saturated carbocycles. The molecule has 1 aromatic heterocycles. The van der Waals surface area contributed by atoms with Crippen molar-refractivity contribution < 1.29 is 9.59 Å². The second-order valence-corrected chi connectivity index (χ2v) is 7.63. The van der Waals surface area contributed by atoms with Crippen LogP contribution in [0.2, 0.25) is 10.0 Å². The number of carbonyl (C=O) groups is 2. The standard InChI is InChI=1S/C20H23Cl2N3O2/c1-12(2)10-18(20(27)24-13(3)14-6-8-23-9-7-14)25-19(26)16-5-4-15(21)11-17(16)22/h4-9,11-13,18H,10H2,1-3H3,(H,24,27)(H,25,26). The predicted molar refractivity (Wildman–Crippen MR) is 108 cm³/mol. The van der Waals surface area contributed by atoms with Crippen molar-refractivity contribution in [3.8, 4) is 0 Å². The number of nitrogens with zero attached hydrogens (tertiary/aromatic N) is 1. The summed E-state index contributed by atoms with van der Waals surface area (Å²) in [7, 11) is 0. The third-order valence-corrected chi connectivity index (χ3v) is 4.62. The van der Waals surface area contributed by atoms with Crippen molar-refractivity contribution in [1.29, 1.82) is 0 Å². The molecular formula is C20H23Cl2N3O2. The van der Waals surface area contributed by atoms with E-state index in [2.05, 4.69) is 15.6 Å². The van der Waals surface area contributed by atoms with Gasteiger partial charge in [0.1, 0.15) is 6.04 Å². The zero-order valence-corrected chi connectivity index (χ0v) is 17.0. The Morgan fingerprint density at radius 3 is 2.30 bits per heavy atom. The summed E-state index contributed by atoms with van der Waals surface area (Å²) in [5.41, 5.74) is 1.22. The van der Waals surface area contributed by atoms with Crippen LogP contribution in [0.1, 0.15) is 49.2 Å². The van der Waals surface area contributed by atoms with Crippen LogP contribution in [-0.2, 0) is 4.79 Å². The maximum Gasteiger partial charge on any atom is 0.253 e. The summed E-state index contributed by atoms with van der Waals surface area (Å²) in [5, 5.41) is 6.43. The van der Waals surface area contributed by atoms with Gasteiger partial charge in [0, 0.05) is 17.4 Å². The van der Waals surface area contributed by atoms with Gasteiger partial charge in [-0.1, -0.05) is 37.0 Å². The van der Waals surface area contributed by atoms with Crippen molar-refractivity contribution in [2.24, 2.45) is 5.92 Å². The van der Waals surface area contributed by atoms with Crippen molar-refractivity contribution in [3.63, 3.8) is 0 Å². The zero-order valence-electron chi connectivity index (χ0n) is 15.5. The van der Waals surface area contributed by atoms with E-state index in [1.165, 1.54) is 6.07 Å². The van der Waals surface area contributed by atoms with Gasteiger partial charge < -0.3 is 10.6 Å². The van der Waals surface area contributed by atoms with Crippen LogP contribution in [0.15, 0.2) is 42.7 Å². The Morgan fingerprint density at radius 2 is 1.70 bits per heavy atom. The molecule has 0 aliphatic carbocycles. The van der Waals surface area contributed by atoms with Crippen LogP contribution in [0, 0.1) is 5.92 Å². The minimum absolute atomic E-state index is 0.203. The highest BCUT2D eigenvalue weighted by atomic mass is 35.5. The Balaban J connectivity index is 2.11. The number of aromatic nitrogens is 1. The maximum absolute atomic E-state index is 12.8. The normalized spacial score (nSPS) is 13.1. The Hall–Kier alpha value is -2.11. The Labute approximate surface area is 169 Å². The first-order valence-electron chi connectivity index (χ1n) is 8.74. The SMILES string of the molecule is CC(C)CC(NC(=O)c1ccc(Cl)cc1Cl)C(=O)NC(C)c1ccncc1. The molecule has 0 spiro atoms. The molecule has 27 heavy (non-hydrogen) atoms. The number of benzene rings is 1. The summed E-state index contributed by atoms with van der Waals surface area (Å²) in [6.45, 7) is 5.87. The Bertz CT molecular complexity index is 797. The number of amides is 2. The summed E-state index contributed by atoms with van der Waals surface area (Å²) in [6.07, 6.45) is 3.85. The van der Waals surface area contributed by atoms with Crippen LogP contribution in [-0.4, -0.2) is 22.8 Å². The number of hydrogen-bond acceptors (Lipinski definition) is 3. The van der Waals surface area contributed by atoms with Gasteiger partial charge in [-0.15, -0.1) is 0 Å². The van der Waals surface area contributed by atoms with E-state index in [1.54, 1.807) is 24.5 Å². The summed E-state index contributed by atoms with van der Waals surface area (Å²) in [4.78, 5) is 29.4.